The van der Waals surface area contributed by atoms with E-state index in [0.717, 1.165) is 5.39 Å². The van der Waals surface area contributed by atoms with Crippen molar-refractivity contribution in [1.82, 2.24) is 4.57 Å². The van der Waals surface area contributed by atoms with Gasteiger partial charge in [0.25, 0.3) is 5.56 Å². The summed E-state index contributed by atoms with van der Waals surface area (Å²) in [6, 6.07) is 6.99. The Kier molecular flexibility index (Phi) is 3.44. The summed E-state index contributed by atoms with van der Waals surface area (Å²) < 4.78 is 11.9. The van der Waals surface area contributed by atoms with Gasteiger partial charge in [-0.05, 0) is 30.5 Å². The standard InChI is InChI=1S/C15H17NO5/c1-8-12(17)13(18)15(21-8)16-6-5-9-3-4-10(20-2)7-11(9)14(16)19/h3-8,12-13,15,17-18H,1-2H3. The van der Waals surface area contributed by atoms with Gasteiger partial charge in [-0.3, -0.25) is 9.36 Å². The summed E-state index contributed by atoms with van der Waals surface area (Å²) >= 11 is 0. The normalized spacial score (nSPS) is 29.0. The molecule has 6 heteroatoms. The lowest BCUT2D eigenvalue weighted by molar-refractivity contribution is -0.0339. The Morgan fingerprint density at radius 2 is 2.00 bits per heavy atom. The number of aliphatic hydroxyl groups excluding tert-OH is 2. The first-order valence-electron chi connectivity index (χ1n) is 6.73. The molecule has 1 aromatic carbocycles. The average Bonchev–Trinajstić information content (AvgIpc) is 2.75. The Balaban J connectivity index is 2.12. The minimum Gasteiger partial charge on any atom is -0.497 e. The molecule has 4 unspecified atom stereocenters. The van der Waals surface area contributed by atoms with Crippen molar-refractivity contribution in [2.75, 3.05) is 7.11 Å². The molecule has 1 fully saturated rings. The predicted molar refractivity (Wildman–Crippen MR) is 76.4 cm³/mol. The van der Waals surface area contributed by atoms with Crippen molar-refractivity contribution >= 4 is 10.8 Å². The Hall–Kier alpha value is -1.89. The van der Waals surface area contributed by atoms with Gasteiger partial charge < -0.3 is 19.7 Å². The summed E-state index contributed by atoms with van der Waals surface area (Å²) in [6.45, 7) is 1.66. The van der Waals surface area contributed by atoms with Crippen LogP contribution < -0.4 is 10.3 Å². The largest absolute Gasteiger partial charge is 0.497 e. The maximum atomic E-state index is 12.6. The number of aliphatic hydroxyl groups is 2. The smallest absolute Gasteiger partial charge is 0.260 e. The minimum absolute atomic E-state index is 0.295. The van der Waals surface area contributed by atoms with Crippen LogP contribution in [0, 0.1) is 0 Å². The summed E-state index contributed by atoms with van der Waals surface area (Å²) in [5, 5.41) is 21.0. The van der Waals surface area contributed by atoms with Crippen LogP contribution in [0.2, 0.25) is 0 Å². The summed E-state index contributed by atoms with van der Waals surface area (Å²) in [6.07, 6.45) is -2.00. The molecule has 1 aliphatic rings. The lowest BCUT2D eigenvalue weighted by atomic mass is 10.1. The number of aromatic nitrogens is 1. The monoisotopic (exact) mass is 291 g/mol. The van der Waals surface area contributed by atoms with E-state index in [-0.39, 0.29) is 5.56 Å². The van der Waals surface area contributed by atoms with E-state index in [0.29, 0.717) is 11.1 Å². The number of rotatable bonds is 2. The molecule has 112 valence electrons. The van der Waals surface area contributed by atoms with Crippen molar-refractivity contribution in [1.29, 1.82) is 0 Å². The molecule has 0 bridgehead atoms. The van der Waals surface area contributed by atoms with Gasteiger partial charge in [-0.25, -0.2) is 0 Å². The summed E-state index contributed by atoms with van der Waals surface area (Å²) in [5.41, 5.74) is -0.295. The van der Waals surface area contributed by atoms with Crippen molar-refractivity contribution < 1.29 is 19.7 Å². The van der Waals surface area contributed by atoms with Crippen LogP contribution in [0.1, 0.15) is 13.2 Å². The van der Waals surface area contributed by atoms with E-state index in [1.807, 2.05) is 0 Å². The van der Waals surface area contributed by atoms with Gasteiger partial charge in [0.1, 0.15) is 18.0 Å². The number of methoxy groups -OCH3 is 1. The Morgan fingerprint density at radius 3 is 2.62 bits per heavy atom. The third-order valence-corrected chi connectivity index (χ3v) is 3.89. The summed E-state index contributed by atoms with van der Waals surface area (Å²) in [4.78, 5) is 12.6. The molecular formula is C15H17NO5. The summed E-state index contributed by atoms with van der Waals surface area (Å²) in [7, 11) is 1.53. The molecular weight excluding hydrogens is 274 g/mol. The molecule has 1 saturated heterocycles. The molecule has 6 nitrogen and oxygen atoms in total. The molecule has 3 rings (SSSR count). The van der Waals surface area contributed by atoms with E-state index >= 15 is 0 Å². The van der Waals surface area contributed by atoms with Gasteiger partial charge in [-0.1, -0.05) is 6.07 Å². The maximum Gasteiger partial charge on any atom is 0.260 e. The first-order valence-corrected chi connectivity index (χ1v) is 6.73. The number of hydrogen-bond donors (Lipinski definition) is 2. The summed E-state index contributed by atoms with van der Waals surface area (Å²) in [5.74, 6) is 0.582. The molecule has 0 saturated carbocycles. The van der Waals surface area contributed by atoms with Crippen molar-refractivity contribution in [3.05, 3.63) is 40.8 Å². The molecule has 2 aromatic rings. The number of nitrogens with zero attached hydrogens (tertiary/aromatic N) is 1. The second-order valence-corrected chi connectivity index (χ2v) is 5.19. The maximum absolute atomic E-state index is 12.6. The average molecular weight is 291 g/mol. The van der Waals surface area contributed by atoms with E-state index in [1.165, 1.54) is 11.7 Å². The SMILES string of the molecule is COc1ccc2ccn(C3OC(C)C(O)C3O)c(=O)c2c1. The topological polar surface area (TPSA) is 80.9 Å². The third kappa shape index (κ3) is 2.21. The van der Waals surface area contributed by atoms with Gasteiger partial charge in [0.2, 0.25) is 0 Å². The Morgan fingerprint density at radius 1 is 1.24 bits per heavy atom. The predicted octanol–water partition coefficient (Wildman–Crippen LogP) is 0.649. The molecule has 1 aliphatic heterocycles. The minimum atomic E-state index is -1.14. The highest BCUT2D eigenvalue weighted by atomic mass is 16.6. The zero-order valence-corrected chi connectivity index (χ0v) is 11.8. The molecule has 0 aliphatic carbocycles. The molecule has 21 heavy (non-hydrogen) atoms. The fourth-order valence-corrected chi connectivity index (χ4v) is 2.62. The van der Waals surface area contributed by atoms with Crippen LogP contribution >= 0.6 is 0 Å². The molecule has 0 spiro atoms. The second kappa shape index (κ2) is 5.14. The van der Waals surface area contributed by atoms with Crippen molar-refractivity contribution in [2.24, 2.45) is 0 Å². The van der Waals surface area contributed by atoms with Crippen LogP contribution in [0.15, 0.2) is 35.3 Å². The van der Waals surface area contributed by atoms with Gasteiger partial charge in [-0.2, -0.15) is 0 Å². The van der Waals surface area contributed by atoms with Crippen molar-refractivity contribution in [3.8, 4) is 5.75 Å². The van der Waals surface area contributed by atoms with E-state index < -0.39 is 24.5 Å². The van der Waals surface area contributed by atoms with Crippen LogP contribution in [0.5, 0.6) is 5.75 Å². The molecule has 1 aromatic heterocycles. The first kappa shape index (κ1) is 14.1. The first-order chi connectivity index (χ1) is 10.0. The second-order valence-electron chi connectivity index (χ2n) is 5.19. The van der Waals surface area contributed by atoms with E-state index in [2.05, 4.69) is 0 Å². The van der Waals surface area contributed by atoms with E-state index in [1.54, 1.807) is 37.4 Å². The number of ether oxygens (including phenoxy) is 2. The Labute approximate surface area is 121 Å². The zero-order valence-electron chi connectivity index (χ0n) is 11.8. The highest BCUT2D eigenvalue weighted by Crippen LogP contribution is 2.28. The fourth-order valence-electron chi connectivity index (χ4n) is 2.62. The van der Waals surface area contributed by atoms with E-state index in [4.69, 9.17) is 9.47 Å². The number of pyridine rings is 1. The van der Waals surface area contributed by atoms with Gasteiger partial charge in [-0.15, -0.1) is 0 Å². The van der Waals surface area contributed by atoms with Crippen LogP contribution in [-0.4, -0.2) is 40.2 Å². The molecule has 2 N–H and O–H groups in total. The van der Waals surface area contributed by atoms with Gasteiger partial charge >= 0.3 is 0 Å². The molecule has 0 radical (unpaired) electrons. The van der Waals surface area contributed by atoms with Crippen molar-refractivity contribution in [3.63, 3.8) is 0 Å². The highest BCUT2D eigenvalue weighted by molar-refractivity contribution is 5.82. The van der Waals surface area contributed by atoms with Crippen LogP contribution in [0.25, 0.3) is 10.8 Å². The number of benzene rings is 1. The fraction of sp³-hybridized carbons (Fsp3) is 0.400. The molecule has 0 amide bonds. The van der Waals surface area contributed by atoms with Gasteiger partial charge in [0, 0.05) is 6.20 Å². The van der Waals surface area contributed by atoms with Crippen LogP contribution in [-0.2, 0) is 4.74 Å². The quantitative estimate of drug-likeness (QED) is 0.849. The lowest BCUT2D eigenvalue weighted by Crippen LogP contribution is -2.34. The van der Waals surface area contributed by atoms with Crippen LogP contribution in [0.3, 0.4) is 0 Å². The van der Waals surface area contributed by atoms with E-state index in [9.17, 15) is 15.0 Å². The molecule has 4 atom stereocenters. The Bertz CT molecular complexity index is 726. The lowest BCUT2D eigenvalue weighted by Gasteiger charge is -2.18. The van der Waals surface area contributed by atoms with Gasteiger partial charge in [0.05, 0.1) is 18.6 Å². The number of hydrogen-bond acceptors (Lipinski definition) is 5. The highest BCUT2D eigenvalue weighted by Gasteiger charge is 2.41. The molecule has 2 heterocycles. The number of fused-ring (bicyclic) bond motifs is 1. The van der Waals surface area contributed by atoms with Crippen molar-refractivity contribution in [2.45, 2.75) is 31.5 Å². The zero-order chi connectivity index (χ0) is 15.1. The van der Waals surface area contributed by atoms with Crippen LogP contribution in [0.4, 0.5) is 0 Å². The van der Waals surface area contributed by atoms with Gasteiger partial charge in [0.15, 0.2) is 6.23 Å². The third-order valence-electron chi connectivity index (χ3n) is 3.89.